The van der Waals surface area contributed by atoms with Gasteiger partial charge in [0.2, 0.25) is 0 Å². The summed E-state index contributed by atoms with van der Waals surface area (Å²) in [5, 5.41) is 6.57. The van der Waals surface area contributed by atoms with Gasteiger partial charge in [0.15, 0.2) is 10.6 Å². The van der Waals surface area contributed by atoms with E-state index in [0.717, 1.165) is 18.2 Å². The molecule has 3 aromatic rings. The van der Waals surface area contributed by atoms with Crippen LogP contribution in [0.5, 0.6) is 5.75 Å². The Bertz CT molecular complexity index is 845. The zero-order valence-corrected chi connectivity index (χ0v) is 12.1. The molecule has 0 atom stereocenters. The van der Waals surface area contributed by atoms with Gasteiger partial charge < -0.3 is 4.74 Å². The minimum absolute atomic E-state index is 0.00888. The number of para-hydroxylation sites is 1. The van der Waals surface area contributed by atoms with Gasteiger partial charge in [-0.25, -0.2) is 8.78 Å². The predicted octanol–water partition coefficient (Wildman–Crippen LogP) is 3.79. The molecule has 0 unspecified atom stereocenters. The van der Waals surface area contributed by atoms with Crippen molar-refractivity contribution >= 4 is 12.2 Å². The van der Waals surface area contributed by atoms with Crippen molar-refractivity contribution in [3.8, 4) is 11.4 Å². The van der Waals surface area contributed by atoms with E-state index in [-0.39, 0.29) is 17.1 Å². The molecule has 0 aliphatic heterocycles. The maximum atomic E-state index is 13.9. The van der Waals surface area contributed by atoms with Crippen molar-refractivity contribution in [1.29, 1.82) is 0 Å². The molecule has 0 bridgehead atoms. The summed E-state index contributed by atoms with van der Waals surface area (Å²) in [6.07, 6.45) is 0. The summed E-state index contributed by atoms with van der Waals surface area (Å²) in [6, 6.07) is 12.3. The second-order valence-corrected chi connectivity index (χ2v) is 4.86. The van der Waals surface area contributed by atoms with E-state index in [1.165, 1.54) is 4.57 Å². The third-order valence-corrected chi connectivity index (χ3v) is 3.28. The van der Waals surface area contributed by atoms with Crippen LogP contribution in [0.3, 0.4) is 0 Å². The molecule has 22 heavy (non-hydrogen) atoms. The van der Waals surface area contributed by atoms with Crippen LogP contribution in [0.15, 0.2) is 48.5 Å². The molecule has 1 heterocycles. The molecule has 2 aromatic carbocycles. The van der Waals surface area contributed by atoms with Gasteiger partial charge in [-0.05, 0) is 36.5 Å². The van der Waals surface area contributed by atoms with Crippen molar-refractivity contribution in [3.05, 3.63) is 70.8 Å². The first kappa shape index (κ1) is 14.4. The third kappa shape index (κ3) is 2.89. The molecule has 0 saturated heterocycles. The lowest BCUT2D eigenvalue weighted by Crippen LogP contribution is -2.07. The molecular weight excluding hydrogens is 308 g/mol. The highest BCUT2D eigenvalue weighted by molar-refractivity contribution is 7.71. The summed E-state index contributed by atoms with van der Waals surface area (Å²) >= 11 is 5.09. The van der Waals surface area contributed by atoms with E-state index in [1.807, 2.05) is 18.2 Å². The number of aromatic nitrogens is 3. The molecule has 4 nitrogen and oxygen atoms in total. The summed E-state index contributed by atoms with van der Waals surface area (Å²) in [7, 11) is 0. The van der Waals surface area contributed by atoms with Crippen molar-refractivity contribution in [3.63, 3.8) is 0 Å². The Labute approximate surface area is 130 Å². The number of nitrogens with zero attached hydrogens (tertiary/aromatic N) is 2. The summed E-state index contributed by atoms with van der Waals surface area (Å²) < 4.78 is 34.4. The van der Waals surface area contributed by atoms with Crippen LogP contribution in [0.25, 0.3) is 5.69 Å². The predicted molar refractivity (Wildman–Crippen MR) is 79.4 cm³/mol. The Balaban J connectivity index is 1.94. The maximum Gasteiger partial charge on any atom is 0.200 e. The molecular formula is C15H11F2N3OS. The number of hydrogen-bond acceptors (Lipinski definition) is 3. The van der Waals surface area contributed by atoms with Crippen molar-refractivity contribution < 1.29 is 13.5 Å². The van der Waals surface area contributed by atoms with Crippen LogP contribution in [0, 0.1) is 16.4 Å². The number of nitrogens with one attached hydrogen (secondary N) is 1. The van der Waals surface area contributed by atoms with Gasteiger partial charge >= 0.3 is 0 Å². The second kappa shape index (κ2) is 6.07. The first-order valence-corrected chi connectivity index (χ1v) is 6.85. The van der Waals surface area contributed by atoms with Gasteiger partial charge in [-0.15, -0.1) is 0 Å². The fraction of sp³-hybridized carbons (Fsp3) is 0.0667. The normalized spacial score (nSPS) is 10.6. The lowest BCUT2D eigenvalue weighted by molar-refractivity contribution is 0.293. The lowest BCUT2D eigenvalue weighted by Gasteiger charge is -2.09. The van der Waals surface area contributed by atoms with Crippen molar-refractivity contribution in [2.45, 2.75) is 6.61 Å². The minimum atomic E-state index is -0.597. The highest BCUT2D eigenvalue weighted by Gasteiger charge is 2.14. The van der Waals surface area contributed by atoms with Crippen LogP contribution in [0.4, 0.5) is 8.78 Å². The molecule has 1 aromatic heterocycles. The molecule has 0 aliphatic rings. The van der Waals surface area contributed by atoms with Gasteiger partial charge in [-0.3, -0.25) is 9.67 Å². The van der Waals surface area contributed by atoms with E-state index < -0.39 is 11.6 Å². The van der Waals surface area contributed by atoms with E-state index in [9.17, 15) is 8.78 Å². The summed E-state index contributed by atoms with van der Waals surface area (Å²) in [6.45, 7) is 0.0626. The Morgan fingerprint density at radius 1 is 1.14 bits per heavy atom. The van der Waals surface area contributed by atoms with E-state index in [1.54, 1.807) is 12.1 Å². The molecule has 112 valence electrons. The Morgan fingerprint density at radius 2 is 1.91 bits per heavy atom. The van der Waals surface area contributed by atoms with E-state index in [0.29, 0.717) is 11.6 Å². The summed E-state index contributed by atoms with van der Waals surface area (Å²) in [5.74, 6) is -0.171. The van der Waals surface area contributed by atoms with Crippen molar-refractivity contribution in [2.24, 2.45) is 0 Å². The quantitative estimate of drug-likeness (QED) is 0.744. The minimum Gasteiger partial charge on any atom is -0.486 e. The van der Waals surface area contributed by atoms with Gasteiger partial charge in [0.1, 0.15) is 24.0 Å². The Morgan fingerprint density at radius 3 is 2.68 bits per heavy atom. The van der Waals surface area contributed by atoms with Crippen LogP contribution in [0.2, 0.25) is 0 Å². The van der Waals surface area contributed by atoms with E-state index in [2.05, 4.69) is 10.2 Å². The highest BCUT2D eigenvalue weighted by atomic mass is 32.1. The SMILES string of the molecule is Fc1ccc(F)c(-n2c(COc3ccccc3)n[nH]c2=S)c1. The summed E-state index contributed by atoms with van der Waals surface area (Å²) in [5.41, 5.74) is -0.00888. The van der Waals surface area contributed by atoms with Gasteiger partial charge in [-0.1, -0.05) is 18.2 Å². The lowest BCUT2D eigenvalue weighted by atomic mass is 10.3. The molecule has 3 rings (SSSR count). The number of H-pyrrole nitrogens is 1. The molecule has 0 spiro atoms. The van der Waals surface area contributed by atoms with Crippen LogP contribution in [-0.2, 0) is 6.61 Å². The van der Waals surface area contributed by atoms with Crippen LogP contribution >= 0.6 is 12.2 Å². The van der Waals surface area contributed by atoms with Gasteiger partial charge in [0.05, 0.1) is 5.69 Å². The van der Waals surface area contributed by atoms with Crippen molar-refractivity contribution in [1.82, 2.24) is 14.8 Å². The van der Waals surface area contributed by atoms with E-state index >= 15 is 0 Å². The smallest absolute Gasteiger partial charge is 0.200 e. The average Bonchev–Trinajstić information content (AvgIpc) is 2.89. The van der Waals surface area contributed by atoms with Crippen LogP contribution in [-0.4, -0.2) is 14.8 Å². The van der Waals surface area contributed by atoms with Crippen molar-refractivity contribution in [2.75, 3.05) is 0 Å². The Hall–Kier alpha value is -2.54. The van der Waals surface area contributed by atoms with E-state index in [4.69, 9.17) is 17.0 Å². The topological polar surface area (TPSA) is 42.8 Å². The summed E-state index contributed by atoms with van der Waals surface area (Å²) in [4.78, 5) is 0. The van der Waals surface area contributed by atoms with Gasteiger partial charge in [0.25, 0.3) is 0 Å². The number of ether oxygens (including phenoxy) is 1. The number of aromatic amines is 1. The van der Waals surface area contributed by atoms with Crippen LogP contribution in [0.1, 0.15) is 5.82 Å². The molecule has 0 amide bonds. The first-order valence-electron chi connectivity index (χ1n) is 6.45. The fourth-order valence-electron chi connectivity index (χ4n) is 2.00. The standard InChI is InChI=1S/C15H11F2N3OS/c16-10-6-7-12(17)13(8-10)20-14(18-19-15(20)22)9-21-11-4-2-1-3-5-11/h1-8H,9H2,(H,19,22). The molecule has 7 heteroatoms. The molecule has 0 fully saturated rings. The fourth-order valence-corrected chi connectivity index (χ4v) is 2.25. The number of halogens is 2. The second-order valence-electron chi connectivity index (χ2n) is 4.48. The molecule has 0 saturated carbocycles. The average molecular weight is 319 g/mol. The first-order chi connectivity index (χ1) is 10.6. The number of rotatable bonds is 4. The number of benzene rings is 2. The van der Waals surface area contributed by atoms with Gasteiger partial charge in [0, 0.05) is 6.07 Å². The van der Waals surface area contributed by atoms with Gasteiger partial charge in [-0.2, -0.15) is 5.10 Å². The molecule has 1 N–H and O–H groups in total. The maximum absolute atomic E-state index is 13.9. The largest absolute Gasteiger partial charge is 0.486 e. The highest BCUT2D eigenvalue weighted by Crippen LogP contribution is 2.18. The molecule has 0 radical (unpaired) electrons. The third-order valence-electron chi connectivity index (χ3n) is 3.00. The monoisotopic (exact) mass is 319 g/mol. The molecule has 0 aliphatic carbocycles. The Kier molecular flexibility index (Phi) is 3.97. The zero-order valence-electron chi connectivity index (χ0n) is 11.3. The van der Waals surface area contributed by atoms with Crippen LogP contribution < -0.4 is 4.74 Å². The number of hydrogen-bond donors (Lipinski definition) is 1. The zero-order chi connectivity index (χ0) is 15.5.